The highest BCUT2D eigenvalue weighted by molar-refractivity contribution is 5.37. The largest absolute Gasteiger partial charge is 0.476 e. The van der Waals surface area contributed by atoms with Crippen molar-refractivity contribution < 1.29 is 17.9 Å². The van der Waals surface area contributed by atoms with Gasteiger partial charge in [0.25, 0.3) is 0 Å². The minimum Gasteiger partial charge on any atom is -0.476 e. The summed E-state index contributed by atoms with van der Waals surface area (Å²) >= 11 is 0. The van der Waals surface area contributed by atoms with Crippen molar-refractivity contribution in [1.29, 1.82) is 0 Å². The smallest absolute Gasteiger partial charge is 0.392 e. The number of imidazole rings is 1. The van der Waals surface area contributed by atoms with Crippen molar-refractivity contribution in [3.05, 3.63) is 24.5 Å². The molecule has 16 heavy (non-hydrogen) atoms. The molecule has 0 aliphatic heterocycles. The molecule has 86 valence electrons. The summed E-state index contributed by atoms with van der Waals surface area (Å²) in [4.78, 5) is 3.94. The molecule has 2 heterocycles. The summed E-state index contributed by atoms with van der Waals surface area (Å²) in [7, 11) is 0. The Morgan fingerprint density at radius 3 is 2.88 bits per heavy atom. The van der Waals surface area contributed by atoms with Gasteiger partial charge in [0.2, 0.25) is 5.88 Å². The Balaban J connectivity index is 1.99. The standard InChI is InChI=1S/C9H8F3N3O/c10-9(11,12)3-6-16-8-2-1-7-13-4-5-15(7)14-8/h1-2,4-5H,3,6H2. The lowest BCUT2D eigenvalue weighted by Gasteiger charge is -2.07. The van der Waals surface area contributed by atoms with Gasteiger partial charge in [0.1, 0.15) is 0 Å². The zero-order valence-electron chi connectivity index (χ0n) is 8.11. The van der Waals surface area contributed by atoms with Crippen LogP contribution in [0.2, 0.25) is 0 Å². The third kappa shape index (κ3) is 2.62. The van der Waals surface area contributed by atoms with E-state index in [0.717, 1.165) is 0 Å². The highest BCUT2D eigenvalue weighted by Gasteiger charge is 2.26. The summed E-state index contributed by atoms with van der Waals surface area (Å²) in [6, 6.07) is 3.11. The zero-order valence-corrected chi connectivity index (χ0v) is 8.11. The first kappa shape index (κ1) is 10.7. The van der Waals surface area contributed by atoms with Crippen LogP contribution in [0, 0.1) is 0 Å². The van der Waals surface area contributed by atoms with Gasteiger partial charge >= 0.3 is 6.18 Å². The molecular formula is C9H8F3N3O. The average molecular weight is 231 g/mol. The Bertz CT molecular complexity index is 480. The van der Waals surface area contributed by atoms with Crippen LogP contribution in [0.15, 0.2) is 24.5 Å². The third-order valence-electron chi connectivity index (χ3n) is 1.87. The van der Waals surface area contributed by atoms with Gasteiger partial charge in [-0.3, -0.25) is 0 Å². The van der Waals surface area contributed by atoms with Gasteiger partial charge in [0, 0.05) is 18.5 Å². The number of aromatic nitrogens is 3. The second-order valence-corrected chi connectivity index (χ2v) is 3.12. The topological polar surface area (TPSA) is 39.4 Å². The van der Waals surface area contributed by atoms with Crippen molar-refractivity contribution >= 4 is 5.65 Å². The summed E-state index contributed by atoms with van der Waals surface area (Å²) in [6.45, 7) is -0.434. The van der Waals surface area contributed by atoms with Crippen molar-refractivity contribution in [3.8, 4) is 5.88 Å². The fourth-order valence-electron chi connectivity index (χ4n) is 1.15. The molecule has 0 saturated carbocycles. The van der Waals surface area contributed by atoms with E-state index in [1.807, 2.05) is 0 Å². The minimum absolute atomic E-state index is 0.148. The first-order valence-corrected chi connectivity index (χ1v) is 4.54. The van der Waals surface area contributed by atoms with Crippen LogP contribution in [0.25, 0.3) is 5.65 Å². The van der Waals surface area contributed by atoms with Gasteiger partial charge in [-0.15, -0.1) is 5.10 Å². The zero-order chi connectivity index (χ0) is 11.6. The van der Waals surface area contributed by atoms with E-state index in [0.29, 0.717) is 5.65 Å². The van der Waals surface area contributed by atoms with Gasteiger partial charge in [0.05, 0.1) is 13.0 Å². The van der Waals surface area contributed by atoms with E-state index in [1.54, 1.807) is 18.5 Å². The van der Waals surface area contributed by atoms with E-state index in [2.05, 4.69) is 10.1 Å². The minimum atomic E-state index is -4.21. The van der Waals surface area contributed by atoms with Gasteiger partial charge in [0.15, 0.2) is 5.65 Å². The first-order chi connectivity index (χ1) is 7.54. The van der Waals surface area contributed by atoms with Crippen molar-refractivity contribution in [2.75, 3.05) is 6.61 Å². The van der Waals surface area contributed by atoms with E-state index in [4.69, 9.17) is 4.74 Å². The molecule has 0 unspecified atom stereocenters. The molecule has 0 fully saturated rings. The predicted molar refractivity (Wildman–Crippen MR) is 49.2 cm³/mol. The van der Waals surface area contributed by atoms with E-state index in [-0.39, 0.29) is 5.88 Å². The van der Waals surface area contributed by atoms with Crippen LogP contribution in [0.3, 0.4) is 0 Å². The molecule has 0 bridgehead atoms. The number of fused-ring (bicyclic) bond motifs is 1. The Kier molecular flexibility index (Phi) is 2.67. The van der Waals surface area contributed by atoms with Gasteiger partial charge in [-0.05, 0) is 6.07 Å². The molecule has 0 radical (unpaired) electrons. The van der Waals surface area contributed by atoms with Gasteiger partial charge in [-0.25, -0.2) is 9.50 Å². The van der Waals surface area contributed by atoms with Crippen molar-refractivity contribution in [1.82, 2.24) is 14.6 Å². The SMILES string of the molecule is FC(F)(F)CCOc1ccc2nccn2n1. The number of halogens is 3. The summed E-state index contributed by atoms with van der Waals surface area (Å²) in [6.07, 6.45) is -2.07. The molecule has 7 heteroatoms. The number of hydrogen-bond donors (Lipinski definition) is 0. The van der Waals surface area contributed by atoms with E-state index in [1.165, 1.54) is 10.6 Å². The predicted octanol–water partition coefficient (Wildman–Crippen LogP) is 2.06. The molecule has 0 amide bonds. The number of nitrogens with zero attached hydrogens (tertiary/aromatic N) is 3. The molecule has 0 N–H and O–H groups in total. The fraction of sp³-hybridized carbons (Fsp3) is 0.333. The fourth-order valence-corrected chi connectivity index (χ4v) is 1.15. The molecule has 2 aromatic rings. The molecule has 0 atom stereocenters. The van der Waals surface area contributed by atoms with Crippen LogP contribution < -0.4 is 4.74 Å². The Morgan fingerprint density at radius 2 is 2.12 bits per heavy atom. The number of hydrogen-bond acceptors (Lipinski definition) is 3. The number of rotatable bonds is 3. The Hall–Kier alpha value is -1.79. The Labute approximate surface area is 88.7 Å². The van der Waals surface area contributed by atoms with Crippen molar-refractivity contribution in [2.24, 2.45) is 0 Å². The van der Waals surface area contributed by atoms with Crippen LogP contribution in [0.5, 0.6) is 5.88 Å². The summed E-state index contributed by atoms with van der Waals surface area (Å²) in [5, 5.41) is 3.92. The number of ether oxygens (including phenoxy) is 1. The van der Waals surface area contributed by atoms with Gasteiger partial charge in [-0.2, -0.15) is 13.2 Å². The number of alkyl halides is 3. The van der Waals surface area contributed by atoms with E-state index < -0.39 is 19.2 Å². The summed E-state index contributed by atoms with van der Waals surface area (Å²) in [5.74, 6) is 0.148. The lowest BCUT2D eigenvalue weighted by Crippen LogP contribution is -2.13. The van der Waals surface area contributed by atoms with E-state index in [9.17, 15) is 13.2 Å². The van der Waals surface area contributed by atoms with Crippen LogP contribution in [-0.2, 0) is 0 Å². The third-order valence-corrected chi connectivity index (χ3v) is 1.87. The monoisotopic (exact) mass is 231 g/mol. The second kappa shape index (κ2) is 3.99. The summed E-state index contributed by atoms with van der Waals surface area (Å²) in [5.41, 5.74) is 0.614. The average Bonchev–Trinajstić information content (AvgIpc) is 2.62. The highest BCUT2D eigenvalue weighted by Crippen LogP contribution is 2.19. The van der Waals surface area contributed by atoms with Gasteiger partial charge in [-0.1, -0.05) is 0 Å². The highest BCUT2D eigenvalue weighted by atomic mass is 19.4. The van der Waals surface area contributed by atoms with Gasteiger partial charge < -0.3 is 4.74 Å². The van der Waals surface area contributed by atoms with Crippen LogP contribution >= 0.6 is 0 Å². The molecule has 0 aromatic carbocycles. The summed E-state index contributed by atoms with van der Waals surface area (Å²) < 4.78 is 41.9. The van der Waals surface area contributed by atoms with Crippen molar-refractivity contribution in [2.45, 2.75) is 12.6 Å². The molecule has 0 saturated heterocycles. The quantitative estimate of drug-likeness (QED) is 0.811. The maximum Gasteiger partial charge on any atom is 0.392 e. The molecule has 0 aliphatic rings. The molecule has 2 aromatic heterocycles. The molecule has 0 aliphatic carbocycles. The molecule has 4 nitrogen and oxygen atoms in total. The maximum absolute atomic E-state index is 11.8. The first-order valence-electron chi connectivity index (χ1n) is 4.54. The van der Waals surface area contributed by atoms with Crippen LogP contribution in [0.1, 0.15) is 6.42 Å². The lowest BCUT2D eigenvalue weighted by atomic mass is 10.4. The molecule has 0 spiro atoms. The van der Waals surface area contributed by atoms with Crippen molar-refractivity contribution in [3.63, 3.8) is 0 Å². The van der Waals surface area contributed by atoms with Crippen LogP contribution in [0.4, 0.5) is 13.2 Å². The van der Waals surface area contributed by atoms with E-state index >= 15 is 0 Å². The maximum atomic E-state index is 11.8. The van der Waals surface area contributed by atoms with Crippen LogP contribution in [-0.4, -0.2) is 27.4 Å². The molecule has 2 rings (SSSR count). The Morgan fingerprint density at radius 1 is 1.31 bits per heavy atom. The molecular weight excluding hydrogens is 223 g/mol. The normalized spacial score (nSPS) is 11.9. The second-order valence-electron chi connectivity index (χ2n) is 3.12. The lowest BCUT2D eigenvalue weighted by molar-refractivity contribution is -0.139.